The zero-order chi connectivity index (χ0) is 21.7. The first-order chi connectivity index (χ1) is 14.2. The fourth-order valence-electron chi connectivity index (χ4n) is 3.56. The third-order valence-electron chi connectivity index (χ3n) is 4.87. The molecule has 1 aromatic heterocycles. The van der Waals surface area contributed by atoms with Crippen LogP contribution in [0.5, 0.6) is 0 Å². The Hall–Kier alpha value is -2.80. The van der Waals surface area contributed by atoms with E-state index in [1.807, 2.05) is 0 Å². The van der Waals surface area contributed by atoms with E-state index in [1.165, 1.54) is 39.2 Å². The summed E-state index contributed by atoms with van der Waals surface area (Å²) < 4.78 is 36.4. The Kier molecular flexibility index (Phi) is 6.82. The van der Waals surface area contributed by atoms with Crippen molar-refractivity contribution in [2.24, 2.45) is 0 Å². The Labute approximate surface area is 178 Å². The Morgan fingerprint density at radius 2 is 1.13 bits per heavy atom. The van der Waals surface area contributed by atoms with Crippen molar-refractivity contribution in [2.45, 2.75) is 20.4 Å². The van der Waals surface area contributed by atoms with Gasteiger partial charge in [-0.25, -0.2) is 18.6 Å². The number of aromatic nitrogens is 1. The van der Waals surface area contributed by atoms with E-state index < -0.39 is 10.2 Å². The SMILES string of the molecule is Cc1cc(-c2ccc3cccccc2-3)cc(C)[n+]1Cc1ccccc1.[O-][Cl+3]([O-])([O-])[O-]. The Bertz CT molecular complexity index is 1060. The number of halogens is 1. The summed E-state index contributed by atoms with van der Waals surface area (Å²) >= 11 is 0. The van der Waals surface area contributed by atoms with Crippen LogP contribution in [0.2, 0.25) is 0 Å². The van der Waals surface area contributed by atoms with Crippen LogP contribution in [0.1, 0.15) is 17.0 Å². The highest BCUT2D eigenvalue weighted by molar-refractivity contribution is 5.86. The van der Waals surface area contributed by atoms with E-state index in [2.05, 4.69) is 103 Å². The van der Waals surface area contributed by atoms with Crippen molar-refractivity contribution in [3.8, 4) is 22.3 Å². The number of pyridine rings is 1. The van der Waals surface area contributed by atoms with Crippen LogP contribution in [0.4, 0.5) is 0 Å². The lowest BCUT2D eigenvalue weighted by Crippen LogP contribution is -2.68. The molecule has 5 nitrogen and oxygen atoms in total. The Morgan fingerprint density at radius 3 is 1.73 bits per heavy atom. The second-order valence-corrected chi connectivity index (χ2v) is 7.76. The molecule has 154 valence electrons. The topological polar surface area (TPSA) is 96.1 Å². The van der Waals surface area contributed by atoms with Crippen molar-refractivity contribution < 1.29 is 33.4 Å². The minimum atomic E-state index is -4.94. The molecule has 4 rings (SSSR count). The lowest BCUT2D eigenvalue weighted by molar-refractivity contribution is -2.00. The maximum absolute atomic E-state index is 8.49. The third-order valence-corrected chi connectivity index (χ3v) is 4.87. The zero-order valence-electron chi connectivity index (χ0n) is 16.7. The molecule has 1 heterocycles. The van der Waals surface area contributed by atoms with Gasteiger partial charge in [0.15, 0.2) is 17.9 Å². The van der Waals surface area contributed by atoms with Crippen LogP contribution in [0.25, 0.3) is 22.3 Å². The van der Waals surface area contributed by atoms with Crippen LogP contribution in [0.3, 0.4) is 0 Å². The summed E-state index contributed by atoms with van der Waals surface area (Å²) in [7, 11) is -4.94. The molecule has 0 atom stereocenters. The molecule has 0 unspecified atom stereocenters. The smallest absolute Gasteiger partial charge is 0.179 e. The van der Waals surface area contributed by atoms with E-state index in [0.29, 0.717) is 0 Å². The van der Waals surface area contributed by atoms with Gasteiger partial charge in [-0.15, -0.1) is 10.2 Å². The molecule has 2 aliphatic rings. The molecule has 6 heteroatoms. The summed E-state index contributed by atoms with van der Waals surface area (Å²) in [6.07, 6.45) is 0. The lowest BCUT2D eigenvalue weighted by atomic mass is 10.0. The maximum Gasteiger partial charge on any atom is 0.179 e. The van der Waals surface area contributed by atoms with Gasteiger partial charge in [0.05, 0.1) is 0 Å². The van der Waals surface area contributed by atoms with Crippen molar-refractivity contribution in [2.75, 3.05) is 0 Å². The van der Waals surface area contributed by atoms with Crippen LogP contribution < -0.4 is 23.2 Å². The lowest BCUT2D eigenvalue weighted by Gasteiger charge is -2.17. The molecule has 1 aromatic carbocycles. The van der Waals surface area contributed by atoms with Crippen LogP contribution in [-0.2, 0) is 6.54 Å². The van der Waals surface area contributed by atoms with Crippen LogP contribution in [-0.4, -0.2) is 0 Å². The number of aryl methyl sites for hydroxylation is 2. The minimum absolute atomic E-state index is 0.912. The average Bonchev–Trinajstić information content (AvgIpc) is 2.92. The van der Waals surface area contributed by atoms with E-state index in [9.17, 15) is 0 Å². The number of rotatable bonds is 3. The van der Waals surface area contributed by atoms with E-state index in [-0.39, 0.29) is 0 Å². The van der Waals surface area contributed by atoms with Gasteiger partial charge in [-0.3, -0.25) is 0 Å². The van der Waals surface area contributed by atoms with Gasteiger partial charge in [-0.1, -0.05) is 72.8 Å². The van der Waals surface area contributed by atoms with Gasteiger partial charge in [-0.2, -0.15) is 4.57 Å². The molecule has 0 fully saturated rings. The van der Waals surface area contributed by atoms with Gasteiger partial charge < -0.3 is 0 Å². The summed E-state index contributed by atoms with van der Waals surface area (Å²) in [5, 5.41) is 0. The predicted octanol–water partition coefficient (Wildman–Crippen LogP) is 0.655. The molecule has 0 amide bonds. The molecule has 0 aliphatic heterocycles. The third kappa shape index (κ3) is 5.86. The highest BCUT2D eigenvalue weighted by Crippen LogP contribution is 2.35. The van der Waals surface area contributed by atoms with Crippen LogP contribution >= 0.6 is 0 Å². The van der Waals surface area contributed by atoms with Crippen LogP contribution in [0.15, 0.2) is 84.9 Å². The highest BCUT2D eigenvalue weighted by atomic mass is 35.7. The van der Waals surface area contributed by atoms with Crippen molar-refractivity contribution in [1.29, 1.82) is 0 Å². The Morgan fingerprint density at radius 1 is 0.633 bits per heavy atom. The van der Waals surface area contributed by atoms with Crippen LogP contribution in [0, 0.1) is 24.1 Å². The van der Waals surface area contributed by atoms with Gasteiger partial charge in [-0.05, 0) is 22.3 Å². The number of hydrogen-bond acceptors (Lipinski definition) is 4. The fraction of sp³-hybridized carbons (Fsp3) is 0.125. The quantitative estimate of drug-likeness (QED) is 0.452. The maximum atomic E-state index is 8.49. The molecular weight excluding hydrogens is 402 g/mol. The zero-order valence-corrected chi connectivity index (χ0v) is 17.5. The van der Waals surface area contributed by atoms with Gasteiger partial charge in [0.25, 0.3) is 0 Å². The first-order valence-corrected chi connectivity index (χ1v) is 10.6. The normalized spacial score (nSPS) is 11.1. The number of hydrogen-bond donors (Lipinski definition) is 0. The molecule has 0 spiro atoms. The summed E-state index contributed by atoms with van der Waals surface area (Å²) in [6, 6.07) is 30.4. The minimum Gasteiger partial charge on any atom is -0.222 e. The summed E-state index contributed by atoms with van der Waals surface area (Å²) in [5.74, 6) is 0. The molecule has 30 heavy (non-hydrogen) atoms. The molecular formula is C24H22ClNO4. The largest absolute Gasteiger partial charge is 0.222 e. The molecule has 2 aliphatic carbocycles. The average molecular weight is 424 g/mol. The number of nitrogens with zero attached hydrogens (tertiary/aromatic N) is 1. The first-order valence-electron chi connectivity index (χ1n) is 9.37. The van der Waals surface area contributed by atoms with Crippen molar-refractivity contribution in [3.05, 3.63) is 102 Å². The van der Waals surface area contributed by atoms with Gasteiger partial charge >= 0.3 is 0 Å². The summed E-state index contributed by atoms with van der Waals surface area (Å²) in [4.78, 5) is 0. The predicted molar refractivity (Wildman–Crippen MR) is 104 cm³/mol. The van der Waals surface area contributed by atoms with Crippen molar-refractivity contribution in [3.63, 3.8) is 0 Å². The fourth-order valence-corrected chi connectivity index (χ4v) is 3.56. The van der Waals surface area contributed by atoms with E-state index in [0.717, 1.165) is 6.54 Å². The van der Waals surface area contributed by atoms with Gasteiger partial charge in [0, 0.05) is 31.5 Å². The second-order valence-electron chi connectivity index (χ2n) is 7.00. The molecule has 0 radical (unpaired) electrons. The monoisotopic (exact) mass is 423 g/mol. The summed E-state index contributed by atoms with van der Waals surface area (Å²) in [6.45, 7) is 5.31. The second kappa shape index (κ2) is 9.34. The van der Waals surface area contributed by atoms with E-state index in [4.69, 9.17) is 18.6 Å². The van der Waals surface area contributed by atoms with Crippen molar-refractivity contribution >= 4 is 0 Å². The van der Waals surface area contributed by atoms with E-state index in [1.54, 1.807) is 0 Å². The number of fused-ring (bicyclic) bond motifs is 1. The highest BCUT2D eigenvalue weighted by Gasteiger charge is 2.17. The molecule has 2 aromatic rings. The molecule has 0 N–H and O–H groups in total. The van der Waals surface area contributed by atoms with E-state index >= 15 is 0 Å². The molecule has 0 saturated carbocycles. The summed E-state index contributed by atoms with van der Waals surface area (Å²) in [5.41, 5.74) is 9.10. The standard InChI is InChI=1S/C24H22N.ClHO4/c1-18-15-22(24-14-13-21-11-7-4-8-12-23(21)24)16-19(2)25(18)17-20-9-5-3-6-10-20;2-1(3,4)5/h3-16H,17H2,1-2H3;(H,2,3,4,5)/q+1;/p-1. The van der Waals surface area contributed by atoms with Crippen molar-refractivity contribution in [1.82, 2.24) is 0 Å². The Balaban J connectivity index is 0.000000461. The molecule has 0 saturated heterocycles. The number of benzene rings is 1. The van der Waals surface area contributed by atoms with Gasteiger partial charge in [0.2, 0.25) is 0 Å². The first kappa shape index (κ1) is 21.9. The molecule has 0 bridgehead atoms. The van der Waals surface area contributed by atoms with Gasteiger partial charge in [0.1, 0.15) is 0 Å².